The molecule has 0 aliphatic heterocycles. The summed E-state index contributed by atoms with van der Waals surface area (Å²) < 4.78 is 5.16. The topological polar surface area (TPSA) is 29.5 Å². The minimum Gasteiger partial charge on any atom is -0.497 e. The van der Waals surface area contributed by atoms with Crippen molar-refractivity contribution in [1.82, 2.24) is 0 Å². The molecule has 19 heavy (non-hydrogen) atoms. The second-order valence-electron chi connectivity index (χ2n) is 6.90. The lowest BCUT2D eigenvalue weighted by Gasteiger charge is -2.28. The minimum atomic E-state index is -0.497. The van der Waals surface area contributed by atoms with E-state index in [2.05, 4.69) is 32.9 Å². The molecule has 1 N–H and O–H groups in total. The lowest BCUT2D eigenvalue weighted by Crippen LogP contribution is -2.32. The summed E-state index contributed by atoms with van der Waals surface area (Å²) >= 11 is 0. The summed E-state index contributed by atoms with van der Waals surface area (Å²) in [4.78, 5) is 0. The Morgan fingerprint density at radius 3 is 2.37 bits per heavy atom. The highest BCUT2D eigenvalue weighted by atomic mass is 16.5. The third-order valence-corrected chi connectivity index (χ3v) is 4.57. The van der Waals surface area contributed by atoms with E-state index in [1.54, 1.807) is 7.11 Å². The van der Waals surface area contributed by atoms with Crippen LogP contribution in [0.5, 0.6) is 5.75 Å². The van der Waals surface area contributed by atoms with Crippen LogP contribution in [0.25, 0.3) is 0 Å². The van der Waals surface area contributed by atoms with Gasteiger partial charge < -0.3 is 9.84 Å². The Bertz CT molecular complexity index is 421. The van der Waals surface area contributed by atoms with Gasteiger partial charge in [-0.15, -0.1) is 0 Å². The molecular weight excluding hydrogens is 236 g/mol. The van der Waals surface area contributed by atoms with Crippen molar-refractivity contribution in [2.45, 2.75) is 52.1 Å². The summed E-state index contributed by atoms with van der Waals surface area (Å²) in [6.07, 6.45) is 3.81. The van der Waals surface area contributed by atoms with E-state index >= 15 is 0 Å². The molecule has 0 bridgehead atoms. The molecule has 0 aromatic heterocycles. The molecule has 1 aromatic rings. The van der Waals surface area contributed by atoms with Crippen LogP contribution in [0.15, 0.2) is 24.3 Å². The number of aliphatic hydroxyl groups is 1. The van der Waals surface area contributed by atoms with Crippen LogP contribution in [0.1, 0.15) is 45.6 Å². The largest absolute Gasteiger partial charge is 0.497 e. The minimum absolute atomic E-state index is 0.272. The molecule has 0 spiro atoms. The molecule has 0 radical (unpaired) electrons. The first-order chi connectivity index (χ1) is 8.85. The standard InChI is InChI=1S/C17H26O2/c1-13-11-16(2,3)12-17(13,18)10-9-14-5-7-15(19-4)8-6-14/h5-8,13,18H,9-12H2,1-4H3. The molecule has 1 aliphatic rings. The van der Waals surface area contributed by atoms with Crippen molar-refractivity contribution in [3.8, 4) is 5.75 Å². The van der Waals surface area contributed by atoms with Crippen LogP contribution in [-0.2, 0) is 6.42 Å². The quantitative estimate of drug-likeness (QED) is 0.894. The Kier molecular flexibility index (Phi) is 3.91. The van der Waals surface area contributed by atoms with Crippen LogP contribution in [-0.4, -0.2) is 17.8 Å². The molecule has 2 nitrogen and oxygen atoms in total. The van der Waals surface area contributed by atoms with Crippen molar-refractivity contribution in [3.05, 3.63) is 29.8 Å². The zero-order valence-electron chi connectivity index (χ0n) is 12.6. The van der Waals surface area contributed by atoms with E-state index in [4.69, 9.17) is 4.74 Å². The fraction of sp³-hybridized carbons (Fsp3) is 0.647. The molecule has 0 amide bonds. The molecule has 0 heterocycles. The van der Waals surface area contributed by atoms with Crippen molar-refractivity contribution >= 4 is 0 Å². The maximum atomic E-state index is 10.8. The fourth-order valence-corrected chi connectivity index (χ4v) is 3.58. The van der Waals surface area contributed by atoms with Gasteiger partial charge in [0.2, 0.25) is 0 Å². The van der Waals surface area contributed by atoms with Gasteiger partial charge in [0.1, 0.15) is 5.75 Å². The Morgan fingerprint density at radius 1 is 1.26 bits per heavy atom. The van der Waals surface area contributed by atoms with E-state index in [0.717, 1.165) is 31.4 Å². The number of methoxy groups -OCH3 is 1. The average molecular weight is 262 g/mol. The summed E-state index contributed by atoms with van der Waals surface area (Å²) in [6, 6.07) is 8.16. The summed E-state index contributed by atoms with van der Waals surface area (Å²) in [5, 5.41) is 10.8. The maximum absolute atomic E-state index is 10.8. The number of aryl methyl sites for hydroxylation is 1. The average Bonchev–Trinajstić information content (AvgIpc) is 2.56. The second kappa shape index (κ2) is 5.16. The van der Waals surface area contributed by atoms with Gasteiger partial charge in [0, 0.05) is 0 Å². The van der Waals surface area contributed by atoms with E-state index in [-0.39, 0.29) is 5.41 Å². The first-order valence-corrected chi connectivity index (χ1v) is 7.20. The van der Waals surface area contributed by atoms with E-state index < -0.39 is 5.60 Å². The predicted octanol–water partition coefficient (Wildman–Crippen LogP) is 3.82. The molecule has 2 unspecified atom stereocenters. The zero-order valence-corrected chi connectivity index (χ0v) is 12.6. The van der Waals surface area contributed by atoms with Crippen LogP contribution in [0.4, 0.5) is 0 Å². The Morgan fingerprint density at radius 2 is 1.89 bits per heavy atom. The summed E-state index contributed by atoms with van der Waals surface area (Å²) in [6.45, 7) is 6.70. The first kappa shape index (κ1) is 14.4. The monoisotopic (exact) mass is 262 g/mol. The number of benzene rings is 1. The molecule has 0 saturated heterocycles. The normalized spacial score (nSPS) is 29.4. The van der Waals surface area contributed by atoms with E-state index in [9.17, 15) is 5.11 Å². The van der Waals surface area contributed by atoms with Gasteiger partial charge in [-0.25, -0.2) is 0 Å². The molecule has 106 valence electrons. The Hall–Kier alpha value is -1.02. The van der Waals surface area contributed by atoms with Crippen LogP contribution in [0.3, 0.4) is 0 Å². The zero-order chi connectivity index (χ0) is 14.1. The van der Waals surface area contributed by atoms with E-state index in [1.165, 1.54) is 5.56 Å². The molecular formula is C17H26O2. The van der Waals surface area contributed by atoms with Crippen molar-refractivity contribution < 1.29 is 9.84 Å². The lowest BCUT2D eigenvalue weighted by molar-refractivity contribution is -0.00372. The highest BCUT2D eigenvalue weighted by Crippen LogP contribution is 2.49. The Balaban J connectivity index is 1.97. The van der Waals surface area contributed by atoms with Crippen LogP contribution in [0.2, 0.25) is 0 Å². The third kappa shape index (κ3) is 3.30. The lowest BCUT2D eigenvalue weighted by atomic mass is 9.85. The first-order valence-electron chi connectivity index (χ1n) is 7.20. The third-order valence-electron chi connectivity index (χ3n) is 4.57. The molecule has 2 atom stereocenters. The SMILES string of the molecule is COc1ccc(CCC2(O)CC(C)(C)CC2C)cc1. The summed E-state index contributed by atoms with van der Waals surface area (Å²) in [7, 11) is 1.68. The van der Waals surface area contributed by atoms with Gasteiger partial charge in [0.25, 0.3) is 0 Å². The molecule has 1 fully saturated rings. The van der Waals surface area contributed by atoms with E-state index in [0.29, 0.717) is 5.92 Å². The van der Waals surface area contributed by atoms with Crippen molar-refractivity contribution in [3.63, 3.8) is 0 Å². The van der Waals surface area contributed by atoms with Gasteiger partial charge in [-0.3, -0.25) is 0 Å². The van der Waals surface area contributed by atoms with Crippen LogP contribution < -0.4 is 4.74 Å². The highest BCUT2D eigenvalue weighted by molar-refractivity contribution is 5.27. The van der Waals surface area contributed by atoms with E-state index in [1.807, 2.05) is 12.1 Å². The van der Waals surface area contributed by atoms with Crippen molar-refractivity contribution in [2.75, 3.05) is 7.11 Å². The number of rotatable bonds is 4. The summed E-state index contributed by atoms with van der Waals surface area (Å²) in [5.74, 6) is 1.28. The van der Waals surface area contributed by atoms with Gasteiger partial charge in [0.05, 0.1) is 12.7 Å². The second-order valence-corrected chi connectivity index (χ2v) is 6.90. The molecule has 1 aliphatic carbocycles. The molecule has 2 heteroatoms. The van der Waals surface area contributed by atoms with Gasteiger partial charge in [-0.1, -0.05) is 32.9 Å². The molecule has 1 aromatic carbocycles. The van der Waals surface area contributed by atoms with Gasteiger partial charge in [-0.2, -0.15) is 0 Å². The van der Waals surface area contributed by atoms with Gasteiger partial charge >= 0.3 is 0 Å². The number of hydrogen-bond acceptors (Lipinski definition) is 2. The smallest absolute Gasteiger partial charge is 0.118 e. The fourth-order valence-electron chi connectivity index (χ4n) is 3.58. The van der Waals surface area contributed by atoms with Crippen molar-refractivity contribution in [1.29, 1.82) is 0 Å². The number of hydrogen-bond donors (Lipinski definition) is 1. The van der Waals surface area contributed by atoms with Crippen molar-refractivity contribution in [2.24, 2.45) is 11.3 Å². The van der Waals surface area contributed by atoms with Crippen LogP contribution in [0, 0.1) is 11.3 Å². The van der Waals surface area contributed by atoms with Gasteiger partial charge in [0.15, 0.2) is 0 Å². The number of ether oxygens (including phenoxy) is 1. The molecule has 1 saturated carbocycles. The molecule has 2 rings (SSSR count). The Labute approximate surface area is 116 Å². The predicted molar refractivity (Wildman–Crippen MR) is 78.4 cm³/mol. The van der Waals surface area contributed by atoms with Gasteiger partial charge in [-0.05, 0) is 54.7 Å². The summed E-state index contributed by atoms with van der Waals surface area (Å²) in [5.41, 5.74) is 1.04. The van der Waals surface area contributed by atoms with Crippen LogP contribution >= 0.6 is 0 Å². The highest BCUT2D eigenvalue weighted by Gasteiger charge is 2.46. The maximum Gasteiger partial charge on any atom is 0.118 e.